The number of rotatable bonds is 6. The van der Waals surface area contributed by atoms with Crippen LogP contribution < -0.4 is 10.3 Å². The molecule has 0 aliphatic carbocycles. The highest BCUT2D eigenvalue weighted by Crippen LogP contribution is 2.32. The van der Waals surface area contributed by atoms with Crippen molar-refractivity contribution in [1.82, 2.24) is 14.5 Å². The topological polar surface area (TPSA) is 60.5 Å². The van der Waals surface area contributed by atoms with Crippen LogP contribution in [0.1, 0.15) is 30.4 Å². The molecule has 7 heteroatoms. The Hall–Kier alpha value is -3.45. The van der Waals surface area contributed by atoms with E-state index in [0.717, 1.165) is 61.1 Å². The van der Waals surface area contributed by atoms with E-state index in [4.69, 9.17) is 9.15 Å². The zero-order valence-corrected chi connectivity index (χ0v) is 17.9. The molecule has 4 heterocycles. The number of benzene rings is 1. The first-order valence-electron chi connectivity index (χ1n) is 10.8. The zero-order valence-electron chi connectivity index (χ0n) is 17.9. The first kappa shape index (κ1) is 20.5. The fourth-order valence-electron chi connectivity index (χ4n) is 4.20. The van der Waals surface area contributed by atoms with Crippen LogP contribution in [0.25, 0.3) is 16.7 Å². The van der Waals surface area contributed by atoms with Gasteiger partial charge in [0.1, 0.15) is 29.5 Å². The van der Waals surface area contributed by atoms with Crippen LogP contribution in [0.5, 0.6) is 5.75 Å². The van der Waals surface area contributed by atoms with Crippen LogP contribution >= 0.6 is 0 Å². The van der Waals surface area contributed by atoms with Crippen LogP contribution in [-0.4, -0.2) is 27.5 Å². The van der Waals surface area contributed by atoms with Crippen LogP contribution in [0, 0.1) is 5.82 Å². The molecule has 5 rings (SSSR count). The zero-order chi connectivity index (χ0) is 22.1. The number of hydrogen-bond donors (Lipinski definition) is 0. The molecule has 0 radical (unpaired) electrons. The molecule has 0 unspecified atom stereocenters. The number of hydrogen-bond acceptors (Lipinski definition) is 5. The van der Waals surface area contributed by atoms with Crippen molar-refractivity contribution in [2.75, 3.05) is 13.1 Å². The van der Waals surface area contributed by atoms with E-state index in [-0.39, 0.29) is 12.2 Å². The third kappa shape index (κ3) is 4.03. The molecule has 3 aromatic heterocycles. The molecule has 164 valence electrons. The van der Waals surface area contributed by atoms with E-state index >= 15 is 0 Å². The molecule has 0 amide bonds. The SMILES string of the molecule is CCCN1CCc2oc3cc(-n4ccc(OCc5ccc(F)cn5)cc4=O)ccc3c2C1. The van der Waals surface area contributed by atoms with Gasteiger partial charge in [-0.2, -0.15) is 0 Å². The van der Waals surface area contributed by atoms with Gasteiger partial charge in [-0.15, -0.1) is 0 Å². The fraction of sp³-hybridized carbons (Fsp3) is 0.280. The molecule has 0 fully saturated rings. The minimum atomic E-state index is -0.399. The normalized spacial score (nSPS) is 13.9. The second-order valence-corrected chi connectivity index (χ2v) is 8.04. The molecule has 0 bridgehead atoms. The Morgan fingerprint density at radius 1 is 1.19 bits per heavy atom. The summed E-state index contributed by atoms with van der Waals surface area (Å²) in [5, 5.41) is 1.12. The van der Waals surface area contributed by atoms with E-state index in [0.29, 0.717) is 11.4 Å². The van der Waals surface area contributed by atoms with Gasteiger partial charge in [0.15, 0.2) is 0 Å². The average molecular weight is 433 g/mol. The molecule has 0 atom stereocenters. The summed E-state index contributed by atoms with van der Waals surface area (Å²) in [6, 6.07) is 11.9. The van der Waals surface area contributed by atoms with E-state index in [1.165, 1.54) is 17.7 Å². The Bertz CT molecular complexity index is 1310. The highest BCUT2D eigenvalue weighted by Gasteiger charge is 2.22. The molecule has 0 N–H and O–H groups in total. The van der Waals surface area contributed by atoms with Crippen LogP contribution in [0.15, 0.2) is 64.1 Å². The van der Waals surface area contributed by atoms with E-state index in [1.54, 1.807) is 22.9 Å². The summed E-state index contributed by atoms with van der Waals surface area (Å²) < 4.78 is 26.3. The molecule has 6 nitrogen and oxygen atoms in total. The maximum atomic E-state index is 13.0. The van der Waals surface area contributed by atoms with Gasteiger partial charge in [-0.3, -0.25) is 19.2 Å². The molecule has 0 saturated heterocycles. The van der Waals surface area contributed by atoms with Crippen LogP contribution in [0.4, 0.5) is 4.39 Å². The van der Waals surface area contributed by atoms with Crippen LogP contribution in [0.3, 0.4) is 0 Å². The Labute approximate surface area is 184 Å². The van der Waals surface area contributed by atoms with E-state index in [1.807, 2.05) is 18.2 Å². The van der Waals surface area contributed by atoms with Crippen molar-refractivity contribution in [1.29, 1.82) is 0 Å². The molecule has 1 aromatic carbocycles. The van der Waals surface area contributed by atoms with Crippen LogP contribution in [-0.2, 0) is 19.6 Å². The minimum Gasteiger partial charge on any atom is -0.487 e. The monoisotopic (exact) mass is 433 g/mol. The standard InChI is InChI=1S/C25H24FN3O3/c1-2-9-28-10-8-23-22(15-28)21-6-5-19(12-24(21)32-23)29-11-7-20(13-25(29)30)31-16-18-4-3-17(26)14-27-18/h3-7,11-14H,2,8-10,15-16H2,1H3. The summed E-state index contributed by atoms with van der Waals surface area (Å²) >= 11 is 0. The predicted molar refractivity (Wildman–Crippen MR) is 120 cm³/mol. The second kappa shape index (κ2) is 8.59. The molecular weight excluding hydrogens is 409 g/mol. The Morgan fingerprint density at radius 2 is 2.09 bits per heavy atom. The Morgan fingerprint density at radius 3 is 2.88 bits per heavy atom. The number of aromatic nitrogens is 2. The van der Waals surface area contributed by atoms with Gasteiger partial charge in [0, 0.05) is 48.8 Å². The minimum absolute atomic E-state index is 0.155. The summed E-state index contributed by atoms with van der Waals surface area (Å²) in [6.45, 7) is 5.36. The van der Waals surface area contributed by atoms with Crippen molar-refractivity contribution in [3.63, 3.8) is 0 Å². The van der Waals surface area contributed by atoms with Crippen molar-refractivity contribution >= 4 is 11.0 Å². The summed E-state index contributed by atoms with van der Waals surface area (Å²) in [7, 11) is 0. The Kier molecular flexibility index (Phi) is 5.49. The maximum Gasteiger partial charge on any atom is 0.258 e. The van der Waals surface area contributed by atoms with Gasteiger partial charge in [-0.25, -0.2) is 4.39 Å². The van der Waals surface area contributed by atoms with Gasteiger partial charge >= 0.3 is 0 Å². The van der Waals surface area contributed by atoms with Gasteiger partial charge < -0.3 is 9.15 Å². The highest BCUT2D eigenvalue weighted by molar-refractivity contribution is 5.84. The fourth-order valence-corrected chi connectivity index (χ4v) is 4.20. The first-order chi connectivity index (χ1) is 15.6. The number of halogens is 1. The average Bonchev–Trinajstić information content (AvgIpc) is 3.16. The highest BCUT2D eigenvalue weighted by atomic mass is 19.1. The van der Waals surface area contributed by atoms with Crippen molar-refractivity contribution < 1.29 is 13.5 Å². The molecular formula is C25H24FN3O3. The van der Waals surface area contributed by atoms with Gasteiger partial charge in [0.25, 0.3) is 5.56 Å². The lowest BCUT2D eigenvalue weighted by Crippen LogP contribution is -2.30. The number of fused-ring (bicyclic) bond motifs is 3. The number of furan rings is 1. The van der Waals surface area contributed by atoms with Crippen molar-refractivity contribution in [2.45, 2.75) is 32.9 Å². The van der Waals surface area contributed by atoms with E-state index < -0.39 is 5.82 Å². The number of ether oxygens (including phenoxy) is 1. The lowest BCUT2D eigenvalue weighted by Gasteiger charge is -2.25. The number of pyridine rings is 2. The van der Waals surface area contributed by atoms with Crippen molar-refractivity contribution in [3.05, 3.63) is 88.0 Å². The van der Waals surface area contributed by atoms with Gasteiger partial charge in [0.2, 0.25) is 0 Å². The van der Waals surface area contributed by atoms with Gasteiger partial charge in [-0.1, -0.05) is 6.92 Å². The molecule has 1 aliphatic rings. The molecule has 0 spiro atoms. The molecule has 4 aromatic rings. The predicted octanol–water partition coefficient (Wildman–Crippen LogP) is 4.46. The van der Waals surface area contributed by atoms with Crippen molar-refractivity contribution in [3.8, 4) is 11.4 Å². The first-order valence-corrected chi connectivity index (χ1v) is 10.8. The molecule has 32 heavy (non-hydrogen) atoms. The van der Waals surface area contributed by atoms with Crippen molar-refractivity contribution in [2.24, 2.45) is 0 Å². The largest absolute Gasteiger partial charge is 0.487 e. The third-order valence-corrected chi connectivity index (χ3v) is 5.78. The third-order valence-electron chi connectivity index (χ3n) is 5.78. The van der Waals surface area contributed by atoms with E-state index in [9.17, 15) is 9.18 Å². The van der Waals surface area contributed by atoms with Gasteiger partial charge in [-0.05, 0) is 43.3 Å². The second-order valence-electron chi connectivity index (χ2n) is 8.04. The quantitative estimate of drug-likeness (QED) is 0.449. The molecule has 1 aliphatic heterocycles. The van der Waals surface area contributed by atoms with E-state index in [2.05, 4.69) is 16.8 Å². The van der Waals surface area contributed by atoms with Gasteiger partial charge in [0.05, 0.1) is 17.6 Å². The summed E-state index contributed by atoms with van der Waals surface area (Å²) in [5.41, 5.74) is 3.18. The lowest BCUT2D eigenvalue weighted by atomic mass is 10.0. The summed E-state index contributed by atoms with van der Waals surface area (Å²) in [4.78, 5) is 19.1. The number of nitrogens with zero attached hydrogens (tertiary/aromatic N) is 3. The molecule has 0 saturated carbocycles. The maximum absolute atomic E-state index is 13.0. The van der Waals surface area contributed by atoms with Crippen LogP contribution in [0.2, 0.25) is 0 Å². The summed E-state index contributed by atoms with van der Waals surface area (Å²) in [5.74, 6) is 1.09. The Balaban J connectivity index is 1.37. The lowest BCUT2D eigenvalue weighted by molar-refractivity contribution is 0.244. The smallest absolute Gasteiger partial charge is 0.258 e. The summed E-state index contributed by atoms with van der Waals surface area (Å²) in [6.07, 6.45) is 4.87.